The number of phenols is 1. The molecule has 21 N–H and O–H groups in total. The number of phenolic OH excluding ortho intramolecular Hbond substituents is 1. The molecule has 3 saturated heterocycles. The number of aliphatic imine (C=N–C) groups is 1. The van der Waals surface area contributed by atoms with E-state index in [1.54, 1.807) is 54.7 Å². The molecule has 17 amide bonds. The predicted octanol–water partition coefficient (Wildman–Crippen LogP) is -3.77. The third-order valence-electron chi connectivity index (χ3n) is 24.5. The molecule has 136 heavy (non-hydrogen) atoms. The van der Waals surface area contributed by atoms with Crippen molar-refractivity contribution >= 4 is 140 Å². The Morgan fingerprint density at radius 1 is 0.551 bits per heavy atom. The highest BCUT2D eigenvalue weighted by atomic mass is 16.4. The van der Waals surface area contributed by atoms with Crippen LogP contribution in [-0.2, 0) is 117 Å². The van der Waals surface area contributed by atoms with Crippen LogP contribution in [0.2, 0.25) is 0 Å². The third kappa shape index (κ3) is 28.7. The lowest BCUT2D eigenvalue weighted by atomic mass is 10.00. The lowest BCUT2D eigenvalue weighted by Gasteiger charge is -2.36. The minimum Gasteiger partial charge on any atom is -0.508 e. The molecule has 4 aliphatic rings. The second kappa shape index (κ2) is 49.7. The smallest absolute Gasteiger partial charge is 0.323 e. The molecular weight excluding hydrogens is 1770 g/mol. The van der Waals surface area contributed by atoms with Crippen molar-refractivity contribution in [1.29, 1.82) is 0 Å². The standard InChI is InChI=1S/C91H123N21O24/c1-8-10-20-69-84(129)98-49(3)78(123)100-60(80(125)97-43-74(93)117)31-33-95-44-75(118)99-64(35-51-24-26-55(114)27-25-51)87(132)107(5)50(4)79(124)104-66(40-76(119)120)90(135)111-34-16-23-70(111)85(130)102-62(36-52-30-32-94-41-52)81(126)101-61(28-29-73(92)116)89(134)112-46-56(115)39-72(112)86(131)103-63(37-53-42-96-59-19-14-12-17-57(53)59)82(127)106-67(48-113)83(128)105-65(88(133)109(7)71(21-11-9-2)91(136)108(69)6)38-54-45-110(47-77(121)122)68-22-15-13-18-58(54)68/h12-15,17-19,22,24-27,32,41-42,45,49-50,56,60-67,69-72,95-96,113-115H,8-11,16,20-21,23,28-31,33-40,43-44,46-48H2,1-7H3,(H2,92,116)(H2,93,117)(H,97,125)(H,98,129)(H,99,118)(H,100,123)(H,101,126)(H,102,130)(H,103,131)(H,104,124)(H,105,128)(H,106,127)(H,119,120)(H,121,122)/t49-,50-,56+,60-,61-,62-,63-,64-,65-,66-,67-,69-,70-,71-,72-/m0/s1. The van der Waals surface area contributed by atoms with Crippen LogP contribution in [0, 0.1) is 0 Å². The summed E-state index contributed by atoms with van der Waals surface area (Å²) in [4.78, 5) is 285. The van der Waals surface area contributed by atoms with Gasteiger partial charge in [0.25, 0.3) is 0 Å². The van der Waals surface area contributed by atoms with Gasteiger partial charge >= 0.3 is 11.9 Å². The predicted molar refractivity (Wildman–Crippen MR) is 489 cm³/mol. The van der Waals surface area contributed by atoms with Gasteiger partial charge < -0.3 is 130 Å². The van der Waals surface area contributed by atoms with Crippen molar-refractivity contribution in [3.63, 3.8) is 0 Å². The summed E-state index contributed by atoms with van der Waals surface area (Å²) in [6.45, 7) is 2.05. The molecule has 3 aromatic carbocycles. The van der Waals surface area contributed by atoms with Gasteiger partial charge in [-0.2, -0.15) is 0 Å². The number of aliphatic carboxylic acids is 2. The van der Waals surface area contributed by atoms with E-state index < -0.39 is 268 Å². The quantitative estimate of drug-likeness (QED) is 0.0267. The number of hydrogen-bond acceptors (Lipinski definition) is 24. The second-order valence-electron chi connectivity index (χ2n) is 34.5. The Bertz CT molecular complexity index is 5310. The molecule has 4 aliphatic heterocycles. The van der Waals surface area contributed by atoms with E-state index in [0.29, 0.717) is 63.3 Å². The van der Waals surface area contributed by atoms with Crippen LogP contribution in [0.15, 0.2) is 102 Å². The van der Waals surface area contributed by atoms with Crippen molar-refractivity contribution < 1.29 is 117 Å². The van der Waals surface area contributed by atoms with Crippen molar-refractivity contribution in [2.24, 2.45) is 16.5 Å². The fourth-order valence-electron chi connectivity index (χ4n) is 16.8. The minimum atomic E-state index is -1.99. The number of aliphatic hydroxyl groups is 2. The van der Waals surface area contributed by atoms with Crippen LogP contribution in [0.4, 0.5) is 0 Å². The van der Waals surface area contributed by atoms with Crippen LogP contribution in [0.5, 0.6) is 5.75 Å². The number of H-pyrrole nitrogens is 1. The average Bonchev–Trinajstić information content (AvgIpc) is 1.64. The van der Waals surface area contributed by atoms with E-state index in [1.807, 2.05) is 13.8 Å². The highest BCUT2D eigenvalue weighted by molar-refractivity contribution is 6.03. The summed E-state index contributed by atoms with van der Waals surface area (Å²) in [5.74, 6) is -19.9. The number of aromatic hydroxyl groups is 1. The van der Waals surface area contributed by atoms with Crippen molar-refractivity contribution in [3.05, 3.63) is 114 Å². The maximum absolute atomic E-state index is 15.8. The number of aromatic nitrogens is 2. The van der Waals surface area contributed by atoms with Crippen LogP contribution in [0.3, 0.4) is 0 Å². The first-order valence-corrected chi connectivity index (χ1v) is 45.2. The summed E-state index contributed by atoms with van der Waals surface area (Å²) < 4.78 is 1.40. The molecule has 9 rings (SSSR count). The van der Waals surface area contributed by atoms with E-state index in [-0.39, 0.29) is 83.0 Å². The van der Waals surface area contributed by atoms with Crippen molar-refractivity contribution in [2.75, 3.05) is 60.5 Å². The van der Waals surface area contributed by atoms with Crippen LogP contribution in [-0.4, -0.2) is 329 Å². The van der Waals surface area contributed by atoms with E-state index in [1.165, 1.54) is 82.4 Å². The molecule has 0 saturated carbocycles. The normalized spacial score (nSPS) is 25.1. The van der Waals surface area contributed by atoms with E-state index in [0.717, 1.165) is 24.5 Å². The number of rotatable bonds is 25. The van der Waals surface area contributed by atoms with Crippen molar-refractivity contribution in [2.45, 2.75) is 241 Å². The Morgan fingerprint density at radius 3 is 1.79 bits per heavy atom. The molecule has 15 atom stereocenters. The Balaban J connectivity index is 1.09. The van der Waals surface area contributed by atoms with Gasteiger partial charge in [-0.15, -0.1) is 0 Å². The van der Waals surface area contributed by atoms with Gasteiger partial charge in [0.15, 0.2) is 0 Å². The van der Waals surface area contributed by atoms with Gasteiger partial charge in [0.1, 0.15) is 96.9 Å². The zero-order chi connectivity index (χ0) is 99.5. The van der Waals surface area contributed by atoms with E-state index in [9.17, 15) is 83.1 Å². The van der Waals surface area contributed by atoms with Gasteiger partial charge in [-0.25, -0.2) is 0 Å². The minimum absolute atomic E-state index is 0.0188. The van der Waals surface area contributed by atoms with Gasteiger partial charge in [0.05, 0.1) is 32.2 Å². The Kier molecular flexibility index (Phi) is 38.5. The van der Waals surface area contributed by atoms with E-state index >= 15 is 33.6 Å². The molecule has 2 aromatic heterocycles. The van der Waals surface area contributed by atoms with Crippen molar-refractivity contribution in [3.8, 4) is 5.75 Å². The summed E-state index contributed by atoms with van der Waals surface area (Å²) in [5.41, 5.74) is 13.6. The first-order chi connectivity index (χ1) is 64.7. The number of hydrogen-bond donors (Lipinski definition) is 19. The molecule has 736 valence electrons. The number of carboxylic acid groups (broad SMARTS) is 2. The number of amides is 17. The molecule has 45 nitrogen and oxygen atoms in total. The van der Waals surface area contributed by atoms with Gasteiger partial charge in [-0.1, -0.05) is 88.1 Å². The zero-order valence-corrected chi connectivity index (χ0v) is 76.9. The number of aliphatic hydroxyl groups excluding tert-OH is 2. The maximum Gasteiger partial charge on any atom is 0.323 e. The second-order valence-corrected chi connectivity index (χ2v) is 34.5. The van der Waals surface area contributed by atoms with E-state index in [2.05, 4.69) is 68.5 Å². The number of aromatic amines is 1. The number of unbranched alkanes of at least 4 members (excludes halogenated alkanes) is 2. The number of nitrogens with two attached hydrogens (primary N) is 2. The number of nitrogens with zero attached hydrogens (tertiary/aromatic N) is 7. The van der Waals surface area contributed by atoms with Gasteiger partial charge in [0, 0.05) is 119 Å². The third-order valence-corrected chi connectivity index (χ3v) is 24.5. The summed E-state index contributed by atoms with van der Waals surface area (Å²) in [6, 6.07) is -4.00. The SMILES string of the molecule is CCCC[C@H]1C(=O)N(C)[C@@H](CCCC)C(=O)N[C@@H](C)C(=O)N[C@H](C(=O)NCC(N)=O)CCNCC(=O)N[C@@H](Cc2ccc(O)cc2)C(=O)N(C)[C@@H](C)C(=O)N[C@@H](CC(=O)O)C(=O)N2CCC[C@H]2C(=O)N[C@@H](CC2=CN=CC2)C(=O)N[C@@H](CCC(N)=O)C(=O)N2C[C@H](O)C[C@H]2C(=O)N[C@@H](Cc2c[nH]c3ccccc23)C(=O)N[C@@H](CO)C(=O)N[C@@H](Cc2cn(CC(=O)O)c3ccccc23)C(=O)N1C. The van der Waals surface area contributed by atoms with Crippen LogP contribution in [0.1, 0.15) is 141 Å². The number of carbonyl (C=O) groups is 19. The lowest BCUT2D eigenvalue weighted by molar-refractivity contribution is -0.149. The largest absolute Gasteiger partial charge is 0.508 e. The number of para-hydroxylation sites is 2. The van der Waals surface area contributed by atoms with Gasteiger partial charge in [0.2, 0.25) is 100 Å². The molecule has 0 radical (unpaired) electrons. The molecular formula is C91H123N21O24. The molecule has 0 spiro atoms. The number of carboxylic acids is 2. The summed E-state index contributed by atoms with van der Waals surface area (Å²) in [5, 5.41) is 82.6. The van der Waals surface area contributed by atoms with Gasteiger partial charge in [-0.05, 0) is 112 Å². The summed E-state index contributed by atoms with van der Waals surface area (Å²) in [7, 11) is 3.78. The highest BCUT2D eigenvalue weighted by Gasteiger charge is 2.47. The molecule has 0 aliphatic carbocycles. The number of benzene rings is 3. The molecule has 45 heteroatoms. The fourth-order valence-corrected chi connectivity index (χ4v) is 16.8. The number of carbonyl (C=O) groups excluding carboxylic acids is 17. The summed E-state index contributed by atoms with van der Waals surface area (Å²) in [6.07, 6.45) is 1.67. The maximum atomic E-state index is 15.8. The molecule has 0 unspecified atom stereocenters. The average molecular weight is 1900 g/mol. The molecule has 0 bridgehead atoms. The molecule has 6 heterocycles. The van der Waals surface area contributed by atoms with Crippen LogP contribution >= 0.6 is 0 Å². The molecule has 5 aromatic rings. The number of primary amides is 2. The summed E-state index contributed by atoms with van der Waals surface area (Å²) >= 11 is 0. The molecule has 3 fully saturated rings. The first-order valence-electron chi connectivity index (χ1n) is 45.2. The Hall–Kier alpha value is -14.2. The first kappa shape index (κ1) is 105. The van der Waals surface area contributed by atoms with Gasteiger partial charge in [-0.3, -0.25) is 96.1 Å². The number of likely N-dealkylation sites (N-methyl/N-ethyl adjacent to an activating group) is 3. The highest BCUT2D eigenvalue weighted by Crippen LogP contribution is 2.29. The number of nitrogens with one attached hydrogen (secondary N) is 12. The monoisotopic (exact) mass is 1890 g/mol. The Labute approximate surface area is 782 Å². The van der Waals surface area contributed by atoms with E-state index in [4.69, 9.17) is 11.5 Å². The topological polar surface area (TPSA) is 659 Å². The lowest BCUT2D eigenvalue weighted by Crippen LogP contribution is -2.61. The van der Waals surface area contributed by atoms with Crippen LogP contribution < -0.4 is 70.0 Å². The zero-order valence-electron chi connectivity index (χ0n) is 76.9. The Morgan fingerprint density at radius 2 is 1.14 bits per heavy atom. The van der Waals surface area contributed by atoms with Crippen LogP contribution in [0.25, 0.3) is 21.8 Å². The fraction of sp³-hybridized carbons (Fsp3) is 0.516. The number of fused-ring (bicyclic) bond motifs is 4. The van der Waals surface area contributed by atoms with Crippen molar-refractivity contribution in [1.82, 2.24) is 92.5 Å².